The Hall–Kier alpha value is -0.900. The Morgan fingerprint density at radius 3 is 2.84 bits per heavy atom. The van der Waals surface area contributed by atoms with E-state index in [9.17, 15) is 8.42 Å². The predicted molar refractivity (Wildman–Crippen MR) is 98.3 cm³/mol. The quantitative estimate of drug-likeness (QED) is 0.335. The van der Waals surface area contributed by atoms with Crippen LogP contribution >= 0.6 is 0 Å². The second-order valence-electron chi connectivity index (χ2n) is 6.63. The smallest absolute Gasteiger partial charge is 0.211 e. The lowest BCUT2D eigenvalue weighted by atomic mass is 10.1. The average Bonchev–Trinajstić information content (AvgIpc) is 3.23. The molecular weight excluding hydrogens is 344 g/mol. The molecule has 25 heavy (non-hydrogen) atoms. The van der Waals surface area contributed by atoms with Crippen molar-refractivity contribution >= 4 is 16.0 Å². The zero-order valence-electron chi connectivity index (χ0n) is 15.4. The van der Waals surface area contributed by atoms with Crippen LogP contribution in [0.25, 0.3) is 0 Å². The monoisotopic (exact) mass is 376 g/mol. The Balaban J connectivity index is 1.65. The molecule has 2 N–H and O–H groups in total. The van der Waals surface area contributed by atoms with Crippen molar-refractivity contribution in [3.63, 3.8) is 0 Å². The highest BCUT2D eigenvalue weighted by molar-refractivity contribution is 7.88. The van der Waals surface area contributed by atoms with Crippen molar-refractivity contribution in [2.24, 2.45) is 10.9 Å². The maximum absolute atomic E-state index is 11.6. The van der Waals surface area contributed by atoms with E-state index in [4.69, 9.17) is 9.47 Å². The Morgan fingerprint density at radius 1 is 1.36 bits per heavy atom. The summed E-state index contributed by atoms with van der Waals surface area (Å²) in [7, 11) is -3.08. The van der Waals surface area contributed by atoms with Crippen LogP contribution in [0.15, 0.2) is 4.99 Å². The molecule has 2 heterocycles. The molecule has 2 aliphatic rings. The lowest BCUT2D eigenvalue weighted by molar-refractivity contribution is 0.0420. The Kier molecular flexibility index (Phi) is 8.41. The first kappa shape index (κ1) is 20.4. The van der Waals surface area contributed by atoms with Crippen LogP contribution in [0.4, 0.5) is 0 Å². The molecule has 2 atom stereocenters. The topological polar surface area (TPSA) is 92.3 Å². The first-order valence-electron chi connectivity index (χ1n) is 9.15. The van der Waals surface area contributed by atoms with E-state index in [0.717, 1.165) is 44.9 Å². The second-order valence-corrected chi connectivity index (χ2v) is 8.61. The summed E-state index contributed by atoms with van der Waals surface area (Å²) >= 11 is 0. The van der Waals surface area contributed by atoms with E-state index in [1.807, 2.05) is 6.92 Å². The van der Waals surface area contributed by atoms with Gasteiger partial charge in [0.05, 0.1) is 19.0 Å². The molecule has 0 bridgehead atoms. The molecule has 0 spiro atoms. The van der Waals surface area contributed by atoms with E-state index in [0.29, 0.717) is 32.8 Å². The normalized spacial score (nSPS) is 25.4. The number of sulfonamides is 1. The third kappa shape index (κ3) is 7.47. The van der Waals surface area contributed by atoms with E-state index in [1.165, 1.54) is 10.6 Å². The molecule has 2 rings (SSSR count). The van der Waals surface area contributed by atoms with Crippen molar-refractivity contribution in [3.05, 3.63) is 0 Å². The maximum Gasteiger partial charge on any atom is 0.211 e. The number of rotatable bonds is 9. The first-order valence-corrected chi connectivity index (χ1v) is 11.0. The third-order valence-electron chi connectivity index (χ3n) is 4.42. The van der Waals surface area contributed by atoms with Gasteiger partial charge in [0.25, 0.3) is 0 Å². The number of aliphatic imine (C=N–C) groups is 1. The second kappa shape index (κ2) is 10.3. The highest BCUT2D eigenvalue weighted by Crippen LogP contribution is 2.18. The van der Waals surface area contributed by atoms with Crippen molar-refractivity contribution < 1.29 is 17.9 Å². The molecule has 0 saturated carbocycles. The van der Waals surface area contributed by atoms with Crippen LogP contribution in [0.1, 0.15) is 26.2 Å². The number of nitrogens with zero attached hydrogens (tertiary/aromatic N) is 2. The van der Waals surface area contributed by atoms with Gasteiger partial charge in [-0.3, -0.25) is 4.99 Å². The largest absolute Gasteiger partial charge is 0.379 e. The zero-order valence-corrected chi connectivity index (χ0v) is 16.2. The average molecular weight is 377 g/mol. The molecule has 8 nitrogen and oxygen atoms in total. The number of ether oxygens (including phenoxy) is 2. The summed E-state index contributed by atoms with van der Waals surface area (Å²) in [5, 5.41) is 6.53. The Bertz CT molecular complexity index is 520. The lowest BCUT2D eigenvalue weighted by Crippen LogP contribution is -2.38. The SMILES string of the molecule is CCNC(=NCC1CCN(S(C)(=O)=O)C1)NCCCOC1CCOC1. The lowest BCUT2D eigenvalue weighted by Gasteiger charge is -2.14. The van der Waals surface area contributed by atoms with E-state index in [-0.39, 0.29) is 12.0 Å². The van der Waals surface area contributed by atoms with E-state index in [1.54, 1.807) is 0 Å². The minimum atomic E-state index is -3.08. The van der Waals surface area contributed by atoms with Crippen LogP contribution in [-0.4, -0.2) is 83.6 Å². The van der Waals surface area contributed by atoms with Gasteiger partial charge < -0.3 is 20.1 Å². The molecule has 2 fully saturated rings. The summed E-state index contributed by atoms with van der Waals surface area (Å²) in [6.07, 6.45) is 4.29. The summed E-state index contributed by atoms with van der Waals surface area (Å²) in [6.45, 7) is 7.65. The summed E-state index contributed by atoms with van der Waals surface area (Å²) in [6, 6.07) is 0. The molecule has 2 saturated heterocycles. The number of hydrogen-bond acceptors (Lipinski definition) is 5. The first-order chi connectivity index (χ1) is 12.0. The molecule has 0 aromatic carbocycles. The molecule has 0 aromatic rings. The molecule has 9 heteroatoms. The van der Waals surface area contributed by atoms with Crippen molar-refractivity contribution in [2.45, 2.75) is 32.3 Å². The molecular formula is C16H32N4O4S. The predicted octanol–water partition coefficient (Wildman–Crippen LogP) is 0.0186. The van der Waals surface area contributed by atoms with Crippen molar-refractivity contribution in [1.82, 2.24) is 14.9 Å². The summed E-state index contributed by atoms with van der Waals surface area (Å²) in [4.78, 5) is 4.60. The highest BCUT2D eigenvalue weighted by atomic mass is 32.2. The van der Waals surface area contributed by atoms with Crippen LogP contribution in [0.5, 0.6) is 0 Å². The third-order valence-corrected chi connectivity index (χ3v) is 5.69. The van der Waals surface area contributed by atoms with Gasteiger partial charge in [0, 0.05) is 45.9 Å². The number of hydrogen-bond donors (Lipinski definition) is 2. The van der Waals surface area contributed by atoms with Gasteiger partial charge in [0.1, 0.15) is 0 Å². The van der Waals surface area contributed by atoms with Gasteiger partial charge >= 0.3 is 0 Å². The van der Waals surface area contributed by atoms with Gasteiger partial charge in [0.15, 0.2) is 5.96 Å². The summed E-state index contributed by atoms with van der Waals surface area (Å²) < 4.78 is 35.7. The van der Waals surface area contributed by atoms with Gasteiger partial charge in [-0.25, -0.2) is 12.7 Å². The zero-order chi connectivity index (χ0) is 18.1. The Morgan fingerprint density at radius 2 is 2.20 bits per heavy atom. The van der Waals surface area contributed by atoms with E-state index in [2.05, 4.69) is 15.6 Å². The van der Waals surface area contributed by atoms with Crippen LogP contribution in [0, 0.1) is 5.92 Å². The van der Waals surface area contributed by atoms with Crippen LogP contribution in [-0.2, 0) is 19.5 Å². The van der Waals surface area contributed by atoms with Crippen molar-refractivity contribution in [3.8, 4) is 0 Å². The minimum Gasteiger partial charge on any atom is -0.379 e. The molecule has 0 aromatic heterocycles. The van der Waals surface area contributed by atoms with Crippen molar-refractivity contribution in [2.75, 3.05) is 58.8 Å². The van der Waals surface area contributed by atoms with Crippen LogP contribution < -0.4 is 10.6 Å². The summed E-state index contributed by atoms with van der Waals surface area (Å²) in [5.41, 5.74) is 0. The molecule has 0 radical (unpaired) electrons. The fourth-order valence-electron chi connectivity index (χ4n) is 2.98. The van der Waals surface area contributed by atoms with Crippen LogP contribution in [0.3, 0.4) is 0 Å². The van der Waals surface area contributed by atoms with Gasteiger partial charge in [-0.05, 0) is 32.1 Å². The van der Waals surface area contributed by atoms with E-state index < -0.39 is 10.0 Å². The highest BCUT2D eigenvalue weighted by Gasteiger charge is 2.28. The molecule has 0 aliphatic carbocycles. The molecule has 2 unspecified atom stereocenters. The molecule has 2 aliphatic heterocycles. The van der Waals surface area contributed by atoms with Gasteiger partial charge in [0.2, 0.25) is 10.0 Å². The summed E-state index contributed by atoms with van der Waals surface area (Å²) in [5.74, 6) is 1.07. The molecule has 146 valence electrons. The van der Waals surface area contributed by atoms with Gasteiger partial charge in [-0.2, -0.15) is 0 Å². The fourth-order valence-corrected chi connectivity index (χ4v) is 3.90. The minimum absolute atomic E-state index is 0.252. The van der Waals surface area contributed by atoms with Gasteiger partial charge in [-0.1, -0.05) is 0 Å². The number of guanidine groups is 1. The molecule has 0 amide bonds. The van der Waals surface area contributed by atoms with Crippen molar-refractivity contribution in [1.29, 1.82) is 0 Å². The van der Waals surface area contributed by atoms with E-state index >= 15 is 0 Å². The van der Waals surface area contributed by atoms with Gasteiger partial charge in [-0.15, -0.1) is 0 Å². The Labute approximate surface area is 151 Å². The fraction of sp³-hybridized carbons (Fsp3) is 0.938. The standard InChI is InChI=1S/C16H32N4O4S/c1-3-17-16(18-7-4-9-24-15-6-10-23-13-15)19-11-14-5-8-20(12-14)25(2,21)22/h14-15H,3-13H2,1-2H3,(H2,17,18,19). The van der Waals surface area contributed by atoms with Crippen LogP contribution in [0.2, 0.25) is 0 Å². The maximum atomic E-state index is 11.6. The number of nitrogens with one attached hydrogen (secondary N) is 2.